The van der Waals surface area contributed by atoms with E-state index in [2.05, 4.69) is 9.97 Å². The summed E-state index contributed by atoms with van der Waals surface area (Å²) in [7, 11) is 0. The van der Waals surface area contributed by atoms with Crippen LogP contribution in [0.5, 0.6) is 11.6 Å². The van der Waals surface area contributed by atoms with Gasteiger partial charge >= 0.3 is 6.18 Å². The molecule has 0 unspecified atom stereocenters. The topological polar surface area (TPSA) is 47.5 Å². The zero-order valence-electron chi connectivity index (χ0n) is 17.3. The summed E-state index contributed by atoms with van der Waals surface area (Å²) in [5, 5.41) is 0. The maximum Gasteiger partial charge on any atom is 0.423 e. The monoisotopic (exact) mass is 411 g/mol. The normalized spacial score (nSPS) is 11.6. The molecule has 1 aromatic heterocycles. The van der Waals surface area contributed by atoms with Crippen LogP contribution in [0.15, 0.2) is 30.5 Å². The van der Waals surface area contributed by atoms with Crippen LogP contribution in [0.3, 0.4) is 0 Å². The van der Waals surface area contributed by atoms with Crippen LogP contribution in [-0.4, -0.2) is 29.2 Å². The minimum atomic E-state index is -4.59. The molecule has 0 aliphatic carbocycles. The molecule has 2 rings (SSSR count). The summed E-state index contributed by atoms with van der Waals surface area (Å²) < 4.78 is 51.4. The van der Waals surface area contributed by atoms with Crippen molar-refractivity contribution in [3.63, 3.8) is 0 Å². The highest BCUT2D eigenvalue weighted by Crippen LogP contribution is 2.38. The molecule has 0 atom stereocenters. The molecule has 1 heterocycles. The van der Waals surface area contributed by atoms with Crippen molar-refractivity contribution >= 4 is 11.6 Å². The van der Waals surface area contributed by atoms with E-state index >= 15 is 0 Å². The van der Waals surface area contributed by atoms with Crippen LogP contribution in [0.1, 0.15) is 52.5 Å². The average Bonchev–Trinajstić information content (AvgIpc) is 2.66. The minimum Gasteiger partial charge on any atom is -0.489 e. The van der Waals surface area contributed by atoms with Crippen LogP contribution in [0, 0.1) is 0 Å². The zero-order valence-corrected chi connectivity index (χ0v) is 17.3. The summed E-state index contributed by atoms with van der Waals surface area (Å²) in [6.45, 7) is 8.31. The van der Waals surface area contributed by atoms with Crippen molar-refractivity contribution in [2.45, 2.75) is 59.2 Å². The number of para-hydroxylation sites is 2. The first kappa shape index (κ1) is 22.8. The van der Waals surface area contributed by atoms with Crippen LogP contribution >= 0.6 is 0 Å². The lowest BCUT2D eigenvalue weighted by atomic mass is 10.2. The summed E-state index contributed by atoms with van der Waals surface area (Å²) in [6, 6.07) is 7.30. The summed E-state index contributed by atoms with van der Waals surface area (Å²) in [5.74, 6) is 0.295. The number of anilines is 2. The van der Waals surface area contributed by atoms with E-state index in [1.54, 1.807) is 4.90 Å². The number of alkyl halides is 3. The molecule has 0 radical (unpaired) electrons. The predicted octanol–water partition coefficient (Wildman–Crippen LogP) is 6.01. The third-order valence-electron chi connectivity index (χ3n) is 4.11. The SMILES string of the molecule is CCCCCOc1nc(N(CC)c2ccccc2OC(C)C)ncc1C(F)(F)F. The van der Waals surface area contributed by atoms with Gasteiger partial charge in [-0.15, -0.1) is 0 Å². The second-order valence-corrected chi connectivity index (χ2v) is 6.82. The smallest absolute Gasteiger partial charge is 0.423 e. The molecule has 2 aromatic rings. The first-order chi connectivity index (χ1) is 13.8. The van der Waals surface area contributed by atoms with Gasteiger partial charge in [-0.25, -0.2) is 4.98 Å². The molecule has 0 aliphatic heterocycles. The number of halogens is 3. The molecular formula is C21H28F3N3O2. The van der Waals surface area contributed by atoms with E-state index < -0.39 is 17.6 Å². The molecule has 0 fully saturated rings. The molecule has 29 heavy (non-hydrogen) atoms. The van der Waals surface area contributed by atoms with E-state index in [1.165, 1.54) is 0 Å². The molecule has 0 aliphatic rings. The second-order valence-electron chi connectivity index (χ2n) is 6.82. The standard InChI is InChI=1S/C21H28F3N3O2/c1-5-7-10-13-28-19-16(21(22,23)24)14-25-20(26-19)27(6-2)17-11-8-9-12-18(17)29-15(3)4/h8-9,11-12,14-15H,5-7,10,13H2,1-4H3. The molecule has 0 saturated heterocycles. The predicted molar refractivity (Wildman–Crippen MR) is 107 cm³/mol. The number of benzene rings is 1. The van der Waals surface area contributed by atoms with Gasteiger partial charge in [-0.3, -0.25) is 0 Å². The van der Waals surface area contributed by atoms with Gasteiger partial charge in [0.1, 0.15) is 11.3 Å². The highest BCUT2D eigenvalue weighted by Gasteiger charge is 2.36. The molecular weight excluding hydrogens is 383 g/mol. The summed E-state index contributed by atoms with van der Waals surface area (Å²) >= 11 is 0. The van der Waals surface area contributed by atoms with Crippen molar-refractivity contribution in [3.05, 3.63) is 36.0 Å². The van der Waals surface area contributed by atoms with Gasteiger partial charge in [0, 0.05) is 12.7 Å². The fraction of sp³-hybridized carbons (Fsp3) is 0.524. The third kappa shape index (κ3) is 6.24. The van der Waals surface area contributed by atoms with E-state index in [-0.39, 0.29) is 18.7 Å². The molecule has 160 valence electrons. The van der Waals surface area contributed by atoms with Gasteiger partial charge in [0.05, 0.1) is 18.4 Å². The molecule has 0 N–H and O–H groups in total. The number of hydrogen-bond donors (Lipinski definition) is 0. The Morgan fingerprint density at radius 2 is 1.83 bits per heavy atom. The average molecular weight is 411 g/mol. The van der Waals surface area contributed by atoms with Crippen LogP contribution in [-0.2, 0) is 6.18 Å². The lowest BCUT2D eigenvalue weighted by molar-refractivity contribution is -0.139. The Bertz CT molecular complexity index is 782. The number of unbranched alkanes of at least 4 members (excludes halogenated alkanes) is 2. The van der Waals surface area contributed by atoms with Crippen LogP contribution in [0.25, 0.3) is 0 Å². The van der Waals surface area contributed by atoms with Crippen LogP contribution in [0.2, 0.25) is 0 Å². The summed E-state index contributed by atoms with van der Waals surface area (Å²) in [5.41, 5.74) is -0.291. The molecule has 1 aromatic carbocycles. The Morgan fingerprint density at radius 3 is 2.45 bits per heavy atom. The lowest BCUT2D eigenvalue weighted by Crippen LogP contribution is -2.22. The van der Waals surface area contributed by atoms with Crippen molar-refractivity contribution in [2.75, 3.05) is 18.1 Å². The molecule has 0 saturated carbocycles. The Balaban J connectivity index is 2.41. The fourth-order valence-electron chi connectivity index (χ4n) is 2.77. The van der Waals surface area contributed by atoms with Gasteiger partial charge in [-0.1, -0.05) is 31.9 Å². The molecule has 8 heteroatoms. The minimum absolute atomic E-state index is 0.0548. The number of ether oxygens (including phenoxy) is 2. The fourth-order valence-corrected chi connectivity index (χ4v) is 2.77. The van der Waals surface area contributed by atoms with Crippen molar-refractivity contribution < 1.29 is 22.6 Å². The van der Waals surface area contributed by atoms with E-state index in [9.17, 15) is 13.2 Å². The van der Waals surface area contributed by atoms with Gasteiger partial charge in [0.25, 0.3) is 0 Å². The summed E-state index contributed by atoms with van der Waals surface area (Å²) in [6.07, 6.45) is -1.38. The molecule has 0 spiro atoms. The van der Waals surface area contributed by atoms with E-state index in [0.29, 0.717) is 24.4 Å². The number of nitrogens with zero attached hydrogens (tertiary/aromatic N) is 3. The largest absolute Gasteiger partial charge is 0.489 e. The first-order valence-electron chi connectivity index (χ1n) is 9.88. The van der Waals surface area contributed by atoms with E-state index in [0.717, 1.165) is 19.0 Å². The Morgan fingerprint density at radius 1 is 1.10 bits per heavy atom. The molecule has 0 amide bonds. The number of hydrogen-bond acceptors (Lipinski definition) is 5. The zero-order chi connectivity index (χ0) is 21.4. The maximum atomic E-state index is 13.4. The quantitative estimate of drug-likeness (QED) is 0.448. The van der Waals surface area contributed by atoms with Gasteiger partial charge in [-0.2, -0.15) is 18.2 Å². The van der Waals surface area contributed by atoms with Crippen molar-refractivity contribution in [1.29, 1.82) is 0 Å². The van der Waals surface area contributed by atoms with Crippen molar-refractivity contribution in [2.24, 2.45) is 0 Å². The highest BCUT2D eigenvalue weighted by atomic mass is 19.4. The van der Waals surface area contributed by atoms with E-state index in [4.69, 9.17) is 9.47 Å². The third-order valence-corrected chi connectivity index (χ3v) is 4.11. The van der Waals surface area contributed by atoms with Gasteiger partial charge in [-0.05, 0) is 39.3 Å². The highest BCUT2D eigenvalue weighted by molar-refractivity contribution is 5.65. The Kier molecular flexibility index (Phi) is 8.10. The van der Waals surface area contributed by atoms with Gasteiger partial charge in [0.15, 0.2) is 0 Å². The Labute approximate surface area is 169 Å². The summed E-state index contributed by atoms with van der Waals surface area (Å²) in [4.78, 5) is 9.80. The van der Waals surface area contributed by atoms with Gasteiger partial charge in [0.2, 0.25) is 11.8 Å². The first-order valence-corrected chi connectivity index (χ1v) is 9.88. The maximum absolute atomic E-state index is 13.4. The molecule has 0 bridgehead atoms. The second kappa shape index (κ2) is 10.3. The van der Waals surface area contributed by atoms with E-state index in [1.807, 2.05) is 52.0 Å². The number of rotatable bonds is 10. The van der Waals surface area contributed by atoms with Gasteiger partial charge < -0.3 is 14.4 Å². The van der Waals surface area contributed by atoms with Crippen molar-refractivity contribution in [1.82, 2.24) is 9.97 Å². The lowest BCUT2D eigenvalue weighted by Gasteiger charge is -2.25. The number of aromatic nitrogens is 2. The van der Waals surface area contributed by atoms with Crippen LogP contribution < -0.4 is 14.4 Å². The van der Waals surface area contributed by atoms with Crippen molar-refractivity contribution in [3.8, 4) is 11.6 Å². The molecule has 5 nitrogen and oxygen atoms in total. The van der Waals surface area contributed by atoms with Crippen LogP contribution in [0.4, 0.5) is 24.8 Å². The Hall–Kier alpha value is -2.51.